The van der Waals surface area contributed by atoms with Gasteiger partial charge in [0.1, 0.15) is 11.5 Å². The van der Waals surface area contributed by atoms with Gasteiger partial charge in [0.15, 0.2) is 0 Å². The third-order valence-electron chi connectivity index (χ3n) is 5.21. The van der Waals surface area contributed by atoms with E-state index in [0.29, 0.717) is 17.1 Å². The summed E-state index contributed by atoms with van der Waals surface area (Å²) in [6.45, 7) is 3.78. The fourth-order valence-electron chi connectivity index (χ4n) is 4.31. The summed E-state index contributed by atoms with van der Waals surface area (Å²) in [6, 6.07) is 6.70. The molecule has 5 atom stereocenters. The number of nitrogens with zero attached hydrogens (tertiary/aromatic N) is 1. The largest absolute Gasteiger partial charge is 0.481 e. The summed E-state index contributed by atoms with van der Waals surface area (Å²) in [7, 11) is 0. The van der Waals surface area contributed by atoms with Gasteiger partial charge in [-0.25, -0.2) is 0 Å². The van der Waals surface area contributed by atoms with Crippen molar-refractivity contribution in [1.82, 2.24) is 0 Å². The number of hydrogen-bond acceptors (Lipinski definition) is 3. The molecule has 0 unspecified atom stereocenters. The van der Waals surface area contributed by atoms with Crippen molar-refractivity contribution in [3.8, 4) is 0 Å². The SMILES string of the molecule is C=CC[C@H]1N(c2ccccc2Cl)C(=O)[C@H]2[C@@H](C(=O)O)[C@H]3C=C[C@]21O3. The van der Waals surface area contributed by atoms with E-state index in [9.17, 15) is 14.7 Å². The molecule has 124 valence electrons. The molecule has 2 bridgehead atoms. The number of carboxylic acid groups (broad SMARTS) is 1. The van der Waals surface area contributed by atoms with Gasteiger partial charge in [0.05, 0.1) is 28.8 Å². The number of ether oxygens (including phenoxy) is 1. The van der Waals surface area contributed by atoms with Gasteiger partial charge < -0.3 is 14.7 Å². The van der Waals surface area contributed by atoms with Crippen LogP contribution in [-0.4, -0.2) is 34.7 Å². The molecule has 3 heterocycles. The fourth-order valence-corrected chi connectivity index (χ4v) is 4.54. The van der Waals surface area contributed by atoms with Crippen molar-refractivity contribution in [2.24, 2.45) is 11.8 Å². The summed E-state index contributed by atoms with van der Waals surface area (Å²) in [5.41, 5.74) is -0.359. The molecule has 1 amide bonds. The Morgan fingerprint density at radius 2 is 2.21 bits per heavy atom. The Hall–Kier alpha value is -2.11. The van der Waals surface area contributed by atoms with Crippen LogP contribution in [0.4, 0.5) is 5.69 Å². The second-order valence-corrected chi connectivity index (χ2v) is 6.74. The highest BCUT2D eigenvalue weighted by Gasteiger charge is 2.71. The molecule has 0 saturated carbocycles. The van der Waals surface area contributed by atoms with E-state index >= 15 is 0 Å². The molecule has 2 fully saturated rings. The highest BCUT2D eigenvalue weighted by molar-refractivity contribution is 6.34. The summed E-state index contributed by atoms with van der Waals surface area (Å²) in [4.78, 5) is 26.5. The highest BCUT2D eigenvalue weighted by Crippen LogP contribution is 2.56. The van der Waals surface area contributed by atoms with Crippen LogP contribution in [0.25, 0.3) is 0 Å². The van der Waals surface area contributed by atoms with Crippen LogP contribution in [0.15, 0.2) is 49.1 Å². The van der Waals surface area contributed by atoms with Crippen molar-refractivity contribution in [2.75, 3.05) is 4.90 Å². The molecular weight excluding hydrogens is 330 g/mol. The van der Waals surface area contributed by atoms with E-state index < -0.39 is 29.5 Å². The topological polar surface area (TPSA) is 66.8 Å². The Balaban J connectivity index is 1.87. The zero-order chi connectivity index (χ0) is 17.1. The second-order valence-electron chi connectivity index (χ2n) is 6.34. The molecule has 6 heteroatoms. The number of fused-ring (bicyclic) bond motifs is 1. The smallest absolute Gasteiger partial charge is 0.310 e. The van der Waals surface area contributed by atoms with Crippen LogP contribution in [0, 0.1) is 11.8 Å². The number of amides is 1. The van der Waals surface area contributed by atoms with Crippen LogP contribution in [0.5, 0.6) is 0 Å². The monoisotopic (exact) mass is 345 g/mol. The van der Waals surface area contributed by atoms with E-state index in [-0.39, 0.29) is 11.9 Å². The minimum atomic E-state index is -1.01. The van der Waals surface area contributed by atoms with Gasteiger partial charge in [-0.1, -0.05) is 42.0 Å². The lowest BCUT2D eigenvalue weighted by atomic mass is 9.74. The maximum absolute atomic E-state index is 13.2. The van der Waals surface area contributed by atoms with E-state index in [1.165, 1.54) is 0 Å². The molecule has 1 aromatic rings. The summed E-state index contributed by atoms with van der Waals surface area (Å²) in [5, 5.41) is 10.0. The maximum Gasteiger partial charge on any atom is 0.310 e. The van der Waals surface area contributed by atoms with Crippen LogP contribution in [0.3, 0.4) is 0 Å². The third-order valence-corrected chi connectivity index (χ3v) is 5.53. The predicted molar refractivity (Wildman–Crippen MR) is 88.9 cm³/mol. The molecule has 1 aromatic carbocycles. The van der Waals surface area contributed by atoms with Gasteiger partial charge in [-0.05, 0) is 18.6 Å². The van der Waals surface area contributed by atoms with Gasteiger partial charge in [-0.3, -0.25) is 9.59 Å². The number of halogens is 1. The van der Waals surface area contributed by atoms with Crippen molar-refractivity contribution in [1.29, 1.82) is 0 Å². The van der Waals surface area contributed by atoms with Gasteiger partial charge in [-0.2, -0.15) is 0 Å². The number of rotatable bonds is 4. The van der Waals surface area contributed by atoms with Gasteiger partial charge >= 0.3 is 5.97 Å². The Labute approximate surface area is 144 Å². The molecule has 1 spiro atoms. The zero-order valence-electron chi connectivity index (χ0n) is 12.8. The molecule has 3 aliphatic heterocycles. The first-order valence-electron chi connectivity index (χ1n) is 7.79. The van der Waals surface area contributed by atoms with Crippen LogP contribution in [-0.2, 0) is 14.3 Å². The minimum Gasteiger partial charge on any atom is -0.481 e. The summed E-state index contributed by atoms with van der Waals surface area (Å²) < 4.78 is 6.04. The Morgan fingerprint density at radius 1 is 1.46 bits per heavy atom. The van der Waals surface area contributed by atoms with E-state index in [2.05, 4.69) is 6.58 Å². The number of carboxylic acids is 1. The van der Waals surface area contributed by atoms with Crippen LogP contribution >= 0.6 is 11.6 Å². The lowest BCUT2D eigenvalue weighted by Gasteiger charge is -2.32. The zero-order valence-corrected chi connectivity index (χ0v) is 13.5. The highest BCUT2D eigenvalue weighted by atomic mass is 35.5. The molecule has 0 radical (unpaired) electrons. The standard InChI is InChI=1S/C18H16ClNO4/c1-2-5-13-18-9-8-12(24-18)14(17(22)23)15(18)16(21)20(13)11-7-4-3-6-10(11)19/h2-4,6-9,12-15H,1,5H2,(H,22,23)/t12-,13-,14+,15-,18-/m1/s1. The number of benzene rings is 1. The lowest BCUT2D eigenvalue weighted by molar-refractivity contribution is -0.146. The first-order chi connectivity index (χ1) is 11.5. The molecule has 0 aromatic heterocycles. The van der Waals surface area contributed by atoms with E-state index in [1.54, 1.807) is 41.3 Å². The van der Waals surface area contributed by atoms with Crippen molar-refractivity contribution in [3.05, 3.63) is 54.1 Å². The quantitative estimate of drug-likeness (QED) is 0.852. The molecule has 24 heavy (non-hydrogen) atoms. The van der Waals surface area contributed by atoms with Gasteiger partial charge in [0, 0.05) is 0 Å². The molecule has 4 rings (SSSR count). The molecule has 1 N–H and O–H groups in total. The normalized spacial score (nSPS) is 36.2. The number of hydrogen-bond donors (Lipinski definition) is 1. The van der Waals surface area contributed by atoms with E-state index in [1.807, 2.05) is 6.08 Å². The van der Waals surface area contributed by atoms with Crippen LogP contribution in [0.2, 0.25) is 5.02 Å². The fraction of sp³-hybridized carbons (Fsp3) is 0.333. The third kappa shape index (κ3) is 1.79. The minimum absolute atomic E-state index is 0.255. The Kier molecular flexibility index (Phi) is 3.34. The Bertz CT molecular complexity index is 776. The average Bonchev–Trinajstić information content (AvgIpc) is 3.18. The summed E-state index contributed by atoms with van der Waals surface area (Å²) in [5.74, 6) is -2.88. The van der Waals surface area contributed by atoms with E-state index in [4.69, 9.17) is 16.3 Å². The number of carbonyl (C=O) groups is 2. The first-order valence-corrected chi connectivity index (χ1v) is 8.17. The van der Waals surface area contributed by atoms with Crippen molar-refractivity contribution in [2.45, 2.75) is 24.2 Å². The summed E-state index contributed by atoms with van der Waals surface area (Å²) in [6.07, 6.45) is 5.26. The van der Waals surface area contributed by atoms with Crippen LogP contribution in [0.1, 0.15) is 6.42 Å². The van der Waals surface area contributed by atoms with E-state index in [0.717, 1.165) is 0 Å². The van der Waals surface area contributed by atoms with Crippen LogP contribution < -0.4 is 4.90 Å². The first kappa shape index (κ1) is 15.4. The Morgan fingerprint density at radius 3 is 2.88 bits per heavy atom. The average molecular weight is 346 g/mol. The lowest BCUT2D eigenvalue weighted by Crippen LogP contribution is -2.45. The summed E-state index contributed by atoms with van der Waals surface area (Å²) >= 11 is 6.29. The van der Waals surface area contributed by atoms with Crippen molar-refractivity contribution >= 4 is 29.2 Å². The molecule has 5 nitrogen and oxygen atoms in total. The molecule has 2 saturated heterocycles. The van der Waals surface area contributed by atoms with Gasteiger partial charge in [0.25, 0.3) is 0 Å². The molecule has 3 aliphatic rings. The predicted octanol–water partition coefficient (Wildman–Crippen LogP) is 2.66. The molecular formula is C18H16ClNO4. The second kappa shape index (κ2) is 5.19. The van der Waals surface area contributed by atoms with Gasteiger partial charge in [0.2, 0.25) is 5.91 Å². The number of carbonyl (C=O) groups excluding carboxylic acids is 1. The molecule has 0 aliphatic carbocycles. The van der Waals surface area contributed by atoms with Crippen molar-refractivity contribution in [3.63, 3.8) is 0 Å². The van der Waals surface area contributed by atoms with Crippen molar-refractivity contribution < 1.29 is 19.4 Å². The maximum atomic E-state index is 13.2. The van der Waals surface area contributed by atoms with Gasteiger partial charge in [-0.15, -0.1) is 6.58 Å². The number of anilines is 1. The number of para-hydroxylation sites is 1. The number of aliphatic carboxylic acids is 1.